The molecule has 1 aromatic rings. The van der Waals surface area contributed by atoms with Gasteiger partial charge in [0.25, 0.3) is 0 Å². The third-order valence-corrected chi connectivity index (χ3v) is 3.09. The third-order valence-electron chi connectivity index (χ3n) is 3.09. The first-order chi connectivity index (χ1) is 9.64. The van der Waals surface area contributed by atoms with Crippen LogP contribution in [0.2, 0.25) is 0 Å². The van der Waals surface area contributed by atoms with Crippen LogP contribution in [0.4, 0.5) is 0 Å². The Morgan fingerprint density at radius 3 is 2.55 bits per heavy atom. The summed E-state index contributed by atoms with van der Waals surface area (Å²) in [6.07, 6.45) is 0.994. The Morgan fingerprint density at radius 2 is 2.00 bits per heavy atom. The van der Waals surface area contributed by atoms with Gasteiger partial charge in [-0.1, -0.05) is 6.92 Å². The lowest BCUT2D eigenvalue weighted by Gasteiger charge is -2.18. The molecule has 1 N–H and O–H groups in total. The number of rotatable bonds is 8. The van der Waals surface area contributed by atoms with Gasteiger partial charge in [0, 0.05) is 6.04 Å². The minimum atomic E-state index is -0.224. The van der Waals surface area contributed by atoms with Gasteiger partial charge in [-0.2, -0.15) is 0 Å². The molecule has 1 rings (SSSR count). The molecule has 112 valence electrons. The SMILES string of the molecule is CCNC(CC(=O)OC)Cc1cc(OC)ccc1OC. The van der Waals surface area contributed by atoms with Crippen molar-refractivity contribution in [3.63, 3.8) is 0 Å². The van der Waals surface area contributed by atoms with Crippen molar-refractivity contribution in [1.82, 2.24) is 5.32 Å². The fraction of sp³-hybridized carbons (Fsp3) is 0.533. The standard InChI is InChI=1S/C15H23NO4/c1-5-16-12(10-15(17)20-4)8-11-9-13(18-2)6-7-14(11)19-3/h6-7,9,12,16H,5,8,10H2,1-4H3. The summed E-state index contributed by atoms with van der Waals surface area (Å²) in [6.45, 7) is 2.79. The van der Waals surface area contributed by atoms with Crippen LogP contribution in [0, 0.1) is 0 Å². The van der Waals surface area contributed by atoms with E-state index in [4.69, 9.17) is 14.2 Å². The lowest BCUT2D eigenvalue weighted by Crippen LogP contribution is -2.33. The first kappa shape index (κ1) is 16.3. The van der Waals surface area contributed by atoms with Crippen LogP contribution < -0.4 is 14.8 Å². The summed E-state index contributed by atoms with van der Waals surface area (Å²) in [5.74, 6) is 1.34. The van der Waals surface area contributed by atoms with Gasteiger partial charge in [0.1, 0.15) is 11.5 Å². The zero-order chi connectivity index (χ0) is 15.0. The van der Waals surface area contributed by atoms with E-state index in [1.807, 2.05) is 25.1 Å². The molecule has 0 aromatic heterocycles. The van der Waals surface area contributed by atoms with Crippen LogP contribution in [-0.2, 0) is 16.0 Å². The van der Waals surface area contributed by atoms with Gasteiger partial charge in [0.15, 0.2) is 0 Å². The van der Waals surface area contributed by atoms with Crippen LogP contribution in [0.1, 0.15) is 18.9 Å². The van der Waals surface area contributed by atoms with Crippen LogP contribution in [0.3, 0.4) is 0 Å². The number of hydrogen-bond donors (Lipinski definition) is 1. The van der Waals surface area contributed by atoms with Crippen LogP contribution in [0.5, 0.6) is 11.5 Å². The number of nitrogens with one attached hydrogen (secondary N) is 1. The molecule has 0 saturated carbocycles. The number of likely N-dealkylation sites (N-methyl/N-ethyl adjacent to an activating group) is 1. The summed E-state index contributed by atoms with van der Waals surface area (Å²) >= 11 is 0. The molecule has 0 amide bonds. The van der Waals surface area contributed by atoms with Gasteiger partial charge in [0.2, 0.25) is 0 Å². The van der Waals surface area contributed by atoms with E-state index in [1.165, 1.54) is 7.11 Å². The van der Waals surface area contributed by atoms with Crippen LogP contribution in [0.15, 0.2) is 18.2 Å². The fourth-order valence-corrected chi connectivity index (χ4v) is 2.10. The molecule has 1 aromatic carbocycles. The molecule has 0 fully saturated rings. The van der Waals surface area contributed by atoms with Crippen LogP contribution in [0.25, 0.3) is 0 Å². The number of methoxy groups -OCH3 is 3. The number of benzene rings is 1. The smallest absolute Gasteiger partial charge is 0.307 e. The highest BCUT2D eigenvalue weighted by Gasteiger charge is 2.16. The Morgan fingerprint density at radius 1 is 1.25 bits per heavy atom. The third kappa shape index (κ3) is 4.74. The largest absolute Gasteiger partial charge is 0.497 e. The number of esters is 1. The second-order valence-electron chi connectivity index (χ2n) is 4.42. The second-order valence-corrected chi connectivity index (χ2v) is 4.42. The molecule has 1 unspecified atom stereocenters. The molecule has 1 atom stereocenters. The van der Waals surface area contributed by atoms with E-state index in [9.17, 15) is 4.79 Å². The highest BCUT2D eigenvalue weighted by atomic mass is 16.5. The summed E-state index contributed by atoms with van der Waals surface area (Å²) in [4.78, 5) is 11.4. The number of carbonyl (C=O) groups excluding carboxylic acids is 1. The summed E-state index contributed by atoms with van der Waals surface area (Å²) in [6, 6.07) is 5.66. The van der Waals surface area contributed by atoms with E-state index in [1.54, 1.807) is 14.2 Å². The Kier molecular flexibility index (Phi) is 6.87. The quantitative estimate of drug-likeness (QED) is 0.736. The monoisotopic (exact) mass is 281 g/mol. The van der Waals surface area contributed by atoms with Crippen LogP contribution in [-0.4, -0.2) is 39.9 Å². The van der Waals surface area contributed by atoms with Crippen molar-refractivity contribution >= 4 is 5.97 Å². The summed E-state index contributed by atoms with van der Waals surface area (Å²) in [7, 11) is 4.66. The molecule has 0 aliphatic rings. The fourth-order valence-electron chi connectivity index (χ4n) is 2.10. The lowest BCUT2D eigenvalue weighted by molar-refractivity contribution is -0.141. The molecule has 0 bridgehead atoms. The normalized spacial score (nSPS) is 11.8. The van der Waals surface area contributed by atoms with Gasteiger partial charge in [0.05, 0.1) is 27.8 Å². The van der Waals surface area contributed by atoms with Gasteiger partial charge in [-0.3, -0.25) is 4.79 Å². The van der Waals surface area contributed by atoms with Crippen molar-refractivity contribution in [3.05, 3.63) is 23.8 Å². The lowest BCUT2D eigenvalue weighted by atomic mass is 10.0. The zero-order valence-corrected chi connectivity index (χ0v) is 12.6. The maximum atomic E-state index is 11.4. The summed E-state index contributed by atoms with van der Waals surface area (Å²) in [5, 5.41) is 3.29. The predicted molar refractivity (Wildman–Crippen MR) is 77.3 cm³/mol. The molecule has 5 nitrogen and oxygen atoms in total. The number of hydrogen-bond acceptors (Lipinski definition) is 5. The summed E-state index contributed by atoms with van der Waals surface area (Å²) in [5.41, 5.74) is 1.00. The molecule has 0 radical (unpaired) electrons. The first-order valence-corrected chi connectivity index (χ1v) is 6.65. The average molecular weight is 281 g/mol. The Bertz CT molecular complexity index is 434. The molecule has 0 aliphatic heterocycles. The van der Waals surface area contributed by atoms with Crippen molar-refractivity contribution in [2.24, 2.45) is 0 Å². The van der Waals surface area contributed by atoms with Crippen molar-refractivity contribution in [2.45, 2.75) is 25.8 Å². The minimum absolute atomic E-state index is 0.00783. The average Bonchev–Trinajstić information content (AvgIpc) is 2.47. The van der Waals surface area contributed by atoms with Crippen LogP contribution >= 0.6 is 0 Å². The number of ether oxygens (including phenoxy) is 3. The van der Waals surface area contributed by atoms with E-state index in [0.29, 0.717) is 12.8 Å². The maximum Gasteiger partial charge on any atom is 0.307 e. The molecular weight excluding hydrogens is 258 g/mol. The molecule has 0 aliphatic carbocycles. The minimum Gasteiger partial charge on any atom is -0.497 e. The highest BCUT2D eigenvalue weighted by Crippen LogP contribution is 2.25. The Balaban J connectivity index is 2.87. The summed E-state index contributed by atoms with van der Waals surface area (Å²) < 4.78 is 15.3. The first-order valence-electron chi connectivity index (χ1n) is 6.65. The van der Waals surface area contributed by atoms with Gasteiger partial charge in [-0.15, -0.1) is 0 Å². The van der Waals surface area contributed by atoms with Gasteiger partial charge < -0.3 is 19.5 Å². The zero-order valence-electron chi connectivity index (χ0n) is 12.6. The molecule has 0 saturated heterocycles. The van der Waals surface area contributed by atoms with Gasteiger partial charge in [-0.25, -0.2) is 0 Å². The topological polar surface area (TPSA) is 56.8 Å². The second kappa shape index (κ2) is 8.43. The van der Waals surface area contributed by atoms with E-state index in [0.717, 1.165) is 23.6 Å². The highest BCUT2D eigenvalue weighted by molar-refractivity contribution is 5.70. The van der Waals surface area contributed by atoms with Crippen molar-refractivity contribution < 1.29 is 19.0 Å². The molecule has 20 heavy (non-hydrogen) atoms. The maximum absolute atomic E-state index is 11.4. The Hall–Kier alpha value is -1.75. The molecule has 5 heteroatoms. The van der Waals surface area contributed by atoms with Crippen molar-refractivity contribution in [3.8, 4) is 11.5 Å². The number of carbonyl (C=O) groups is 1. The van der Waals surface area contributed by atoms with Crippen molar-refractivity contribution in [2.75, 3.05) is 27.9 Å². The van der Waals surface area contributed by atoms with Gasteiger partial charge >= 0.3 is 5.97 Å². The van der Waals surface area contributed by atoms with E-state index in [-0.39, 0.29) is 12.0 Å². The van der Waals surface area contributed by atoms with Gasteiger partial charge in [-0.05, 0) is 36.7 Å². The van der Waals surface area contributed by atoms with E-state index >= 15 is 0 Å². The Labute approximate surface area is 120 Å². The predicted octanol–water partition coefficient (Wildman–Crippen LogP) is 1.79. The van der Waals surface area contributed by atoms with E-state index in [2.05, 4.69) is 5.32 Å². The molecule has 0 heterocycles. The molecule has 0 spiro atoms. The molecular formula is C15H23NO4. The van der Waals surface area contributed by atoms with E-state index < -0.39 is 0 Å². The van der Waals surface area contributed by atoms with Crippen molar-refractivity contribution in [1.29, 1.82) is 0 Å².